The lowest BCUT2D eigenvalue weighted by molar-refractivity contribution is -0.140. The van der Waals surface area contributed by atoms with Gasteiger partial charge >= 0.3 is 5.97 Å². The maximum Gasteiger partial charge on any atom is 0.305 e. The van der Waals surface area contributed by atoms with Gasteiger partial charge in [0.15, 0.2) is 11.6 Å². The number of hydrogen-bond donors (Lipinski definition) is 0. The zero-order valence-electron chi connectivity index (χ0n) is 18.4. The highest BCUT2D eigenvalue weighted by Gasteiger charge is 2.41. The molecule has 8 nitrogen and oxygen atoms in total. The molecule has 1 amide bonds. The van der Waals surface area contributed by atoms with Crippen LogP contribution in [0.25, 0.3) is 11.4 Å². The van der Waals surface area contributed by atoms with Gasteiger partial charge in [-0.3, -0.25) is 14.6 Å². The summed E-state index contributed by atoms with van der Waals surface area (Å²) in [7, 11) is 3.19. The van der Waals surface area contributed by atoms with Crippen molar-refractivity contribution in [1.29, 1.82) is 0 Å². The van der Waals surface area contributed by atoms with Gasteiger partial charge in [0.25, 0.3) is 0 Å². The monoisotopic (exact) mass is 423 g/mol. The molecule has 0 saturated heterocycles. The van der Waals surface area contributed by atoms with Crippen LogP contribution in [0.4, 0.5) is 11.5 Å². The third-order valence-corrected chi connectivity index (χ3v) is 6.38. The van der Waals surface area contributed by atoms with Gasteiger partial charge < -0.3 is 14.5 Å². The minimum atomic E-state index is -0.264. The number of anilines is 2. The Balaban J connectivity index is 1.76. The van der Waals surface area contributed by atoms with Crippen molar-refractivity contribution in [2.45, 2.75) is 64.0 Å². The van der Waals surface area contributed by atoms with E-state index in [4.69, 9.17) is 9.72 Å². The van der Waals surface area contributed by atoms with Gasteiger partial charge in [-0.2, -0.15) is 0 Å². The molecular formula is C23H29N5O3. The van der Waals surface area contributed by atoms with Crippen LogP contribution in [-0.2, 0) is 20.7 Å². The maximum atomic E-state index is 13.0. The van der Waals surface area contributed by atoms with Crippen molar-refractivity contribution in [3.63, 3.8) is 0 Å². The Morgan fingerprint density at radius 3 is 2.74 bits per heavy atom. The fraction of sp³-hybridized carbons (Fsp3) is 0.522. The molecule has 0 radical (unpaired) electrons. The number of hydrogen-bond acceptors (Lipinski definition) is 7. The van der Waals surface area contributed by atoms with Crippen LogP contribution in [0.15, 0.2) is 24.7 Å². The number of pyridine rings is 1. The molecule has 0 unspecified atom stereocenters. The van der Waals surface area contributed by atoms with E-state index in [-0.39, 0.29) is 24.3 Å². The van der Waals surface area contributed by atoms with E-state index in [1.165, 1.54) is 20.0 Å². The zero-order chi connectivity index (χ0) is 22.0. The minimum Gasteiger partial charge on any atom is -0.469 e. The van der Waals surface area contributed by atoms with Gasteiger partial charge in [-0.1, -0.05) is 19.8 Å². The summed E-state index contributed by atoms with van der Waals surface area (Å²) in [6.07, 6.45) is 11.2. The number of aromatic nitrogens is 3. The molecule has 2 aromatic rings. The van der Waals surface area contributed by atoms with Crippen LogP contribution in [0.2, 0.25) is 0 Å². The molecule has 0 spiro atoms. The number of carbonyl (C=O) groups excluding carboxylic acids is 2. The number of amides is 1. The Bertz CT molecular complexity index is 973. The summed E-state index contributed by atoms with van der Waals surface area (Å²) in [5, 5.41) is 0. The van der Waals surface area contributed by atoms with Gasteiger partial charge in [0.2, 0.25) is 5.91 Å². The van der Waals surface area contributed by atoms with E-state index < -0.39 is 0 Å². The van der Waals surface area contributed by atoms with E-state index in [1.807, 2.05) is 6.07 Å². The average molecular weight is 424 g/mol. The smallest absolute Gasteiger partial charge is 0.305 e. The summed E-state index contributed by atoms with van der Waals surface area (Å²) >= 11 is 0. The van der Waals surface area contributed by atoms with Crippen molar-refractivity contribution >= 4 is 23.4 Å². The highest BCUT2D eigenvalue weighted by Crippen LogP contribution is 2.40. The zero-order valence-corrected chi connectivity index (χ0v) is 18.4. The lowest BCUT2D eigenvalue weighted by Crippen LogP contribution is -2.55. The first-order chi connectivity index (χ1) is 15.0. The summed E-state index contributed by atoms with van der Waals surface area (Å²) < 4.78 is 4.77. The molecule has 1 aliphatic carbocycles. The van der Waals surface area contributed by atoms with Crippen LogP contribution in [0.1, 0.15) is 51.0 Å². The number of nitrogens with zero attached hydrogens (tertiary/aromatic N) is 5. The van der Waals surface area contributed by atoms with E-state index in [2.05, 4.69) is 21.8 Å². The molecule has 1 atom stereocenters. The second kappa shape index (κ2) is 8.99. The van der Waals surface area contributed by atoms with E-state index in [1.54, 1.807) is 30.5 Å². The maximum absolute atomic E-state index is 13.0. The molecule has 2 aromatic heterocycles. The number of methoxy groups -OCH3 is 1. The van der Waals surface area contributed by atoms with Crippen molar-refractivity contribution in [3.05, 3.63) is 30.2 Å². The van der Waals surface area contributed by atoms with Crippen LogP contribution < -0.4 is 9.80 Å². The number of likely N-dealkylation sites (N-methyl/N-ethyl adjacent to an activating group) is 1. The molecule has 31 heavy (non-hydrogen) atoms. The Labute approximate surface area is 182 Å². The number of rotatable bonds is 6. The molecule has 1 saturated carbocycles. The first-order valence-electron chi connectivity index (χ1n) is 11.0. The number of esters is 1. The summed E-state index contributed by atoms with van der Waals surface area (Å²) in [4.78, 5) is 42.4. The van der Waals surface area contributed by atoms with Crippen molar-refractivity contribution in [2.75, 3.05) is 24.0 Å². The molecule has 0 N–H and O–H groups in total. The second-order valence-electron chi connectivity index (χ2n) is 8.18. The first-order valence-corrected chi connectivity index (χ1v) is 11.0. The predicted molar refractivity (Wildman–Crippen MR) is 118 cm³/mol. The van der Waals surface area contributed by atoms with Crippen molar-refractivity contribution in [2.24, 2.45) is 0 Å². The highest BCUT2D eigenvalue weighted by molar-refractivity contribution is 6.04. The third kappa shape index (κ3) is 3.98. The molecular weight excluding hydrogens is 394 g/mol. The molecule has 1 fully saturated rings. The second-order valence-corrected chi connectivity index (χ2v) is 8.18. The molecule has 8 heteroatoms. The summed E-state index contributed by atoms with van der Waals surface area (Å²) in [6, 6.07) is 1.99. The lowest BCUT2D eigenvalue weighted by Gasteiger charge is -2.43. The van der Waals surface area contributed by atoms with Crippen LogP contribution in [-0.4, -0.2) is 53.1 Å². The number of aryl methyl sites for hydroxylation is 1. The van der Waals surface area contributed by atoms with Gasteiger partial charge in [-0.25, -0.2) is 9.97 Å². The van der Waals surface area contributed by atoms with Crippen molar-refractivity contribution < 1.29 is 14.3 Å². The normalized spacial score (nSPS) is 18.9. The lowest BCUT2D eigenvalue weighted by atomic mass is 10.0. The van der Waals surface area contributed by atoms with Crippen molar-refractivity contribution in [1.82, 2.24) is 15.0 Å². The van der Waals surface area contributed by atoms with Gasteiger partial charge in [0, 0.05) is 37.5 Å². The molecule has 0 aromatic carbocycles. The molecule has 3 heterocycles. The van der Waals surface area contributed by atoms with E-state index in [0.29, 0.717) is 18.3 Å². The number of carbonyl (C=O) groups is 2. The molecule has 1 aliphatic heterocycles. The topological polar surface area (TPSA) is 88.5 Å². The highest BCUT2D eigenvalue weighted by atomic mass is 16.5. The van der Waals surface area contributed by atoms with Crippen molar-refractivity contribution in [3.8, 4) is 11.4 Å². The fourth-order valence-electron chi connectivity index (χ4n) is 4.70. The van der Waals surface area contributed by atoms with Crippen LogP contribution >= 0.6 is 0 Å². The molecule has 164 valence electrons. The van der Waals surface area contributed by atoms with E-state index in [9.17, 15) is 9.59 Å². The first kappa shape index (κ1) is 21.2. The molecule has 0 bridgehead atoms. The molecule has 4 rings (SSSR count). The van der Waals surface area contributed by atoms with Gasteiger partial charge in [-0.15, -0.1) is 0 Å². The average Bonchev–Trinajstić information content (AvgIpc) is 3.33. The summed E-state index contributed by atoms with van der Waals surface area (Å²) in [5.74, 6) is 1.24. The largest absolute Gasteiger partial charge is 0.469 e. The minimum absolute atomic E-state index is 0.0981. The predicted octanol–water partition coefficient (Wildman–Crippen LogP) is 3.15. The summed E-state index contributed by atoms with van der Waals surface area (Å²) in [6.45, 7) is 2.05. The Morgan fingerprint density at radius 2 is 2.03 bits per heavy atom. The Kier molecular flexibility index (Phi) is 6.15. The standard InChI is InChI=1S/C23H29N5O3/c1-4-18-23(30)27(2)19-14-25-21(26-22(19)28(18)16-7-5-6-8-16)17-11-12-24-13-15(17)9-10-20(29)31-3/h11-14,16,18H,4-10H2,1-3H3/t18-/m1/s1. The quantitative estimate of drug-likeness (QED) is 0.660. The fourth-order valence-corrected chi connectivity index (χ4v) is 4.70. The number of ether oxygens (including phenoxy) is 1. The van der Waals surface area contributed by atoms with Gasteiger partial charge in [0.1, 0.15) is 11.7 Å². The number of fused-ring (bicyclic) bond motifs is 1. The third-order valence-electron chi connectivity index (χ3n) is 6.38. The SMILES string of the molecule is CC[C@@H]1C(=O)N(C)c2cnc(-c3ccncc3CCC(=O)OC)nc2N1C1CCCC1. The van der Waals surface area contributed by atoms with Gasteiger partial charge in [0.05, 0.1) is 13.3 Å². The Morgan fingerprint density at radius 1 is 1.26 bits per heavy atom. The summed E-state index contributed by atoms with van der Waals surface area (Å²) in [5.41, 5.74) is 2.49. The van der Waals surface area contributed by atoms with E-state index >= 15 is 0 Å². The van der Waals surface area contributed by atoms with Crippen LogP contribution in [0.5, 0.6) is 0 Å². The van der Waals surface area contributed by atoms with Crippen LogP contribution in [0.3, 0.4) is 0 Å². The van der Waals surface area contributed by atoms with Gasteiger partial charge in [-0.05, 0) is 37.3 Å². The van der Waals surface area contributed by atoms with Crippen LogP contribution in [0, 0.1) is 0 Å². The molecule has 2 aliphatic rings. The van der Waals surface area contributed by atoms with E-state index in [0.717, 1.165) is 41.9 Å². The Hall–Kier alpha value is -3.03.